The largest absolute Gasteiger partial charge is 0.456 e. The Morgan fingerprint density at radius 2 is 1.23 bits per heavy atom. The second-order valence-corrected chi connectivity index (χ2v) is 14.8. The van der Waals surface area contributed by atoms with Crippen LogP contribution in [0, 0.1) is 0 Å². The van der Waals surface area contributed by atoms with Crippen LogP contribution in [-0.2, 0) is 5.41 Å². The maximum atomic E-state index is 6.24. The molecule has 11 rings (SSSR count). The van der Waals surface area contributed by atoms with Crippen LogP contribution >= 0.6 is 11.3 Å². The molecule has 48 heavy (non-hydrogen) atoms. The van der Waals surface area contributed by atoms with Crippen molar-refractivity contribution >= 4 is 75.3 Å². The smallest absolute Gasteiger partial charge is 0.136 e. The van der Waals surface area contributed by atoms with Gasteiger partial charge in [-0.15, -0.1) is 11.3 Å². The van der Waals surface area contributed by atoms with Crippen LogP contribution in [0.15, 0.2) is 144 Å². The molecule has 2 nitrogen and oxygen atoms in total. The molecule has 3 aromatic heterocycles. The van der Waals surface area contributed by atoms with E-state index < -0.39 is 0 Å². The molecule has 0 radical (unpaired) electrons. The van der Waals surface area contributed by atoms with Gasteiger partial charge < -0.3 is 8.98 Å². The molecular formula is C45H29NOS. The van der Waals surface area contributed by atoms with E-state index in [1.165, 1.54) is 81.0 Å². The molecule has 0 N–H and O–H groups in total. The van der Waals surface area contributed by atoms with Crippen molar-refractivity contribution in [2.45, 2.75) is 19.3 Å². The molecule has 0 aliphatic heterocycles. The minimum Gasteiger partial charge on any atom is -0.456 e. The molecule has 7 aromatic carbocycles. The molecule has 0 amide bonds. The third-order valence-electron chi connectivity index (χ3n) is 10.8. The summed E-state index contributed by atoms with van der Waals surface area (Å²) in [7, 11) is 0. The number of hydrogen-bond donors (Lipinski definition) is 0. The van der Waals surface area contributed by atoms with Crippen molar-refractivity contribution < 1.29 is 4.42 Å². The fraction of sp³-hybridized carbons (Fsp3) is 0.0667. The average Bonchev–Trinajstić information content (AvgIpc) is 3.84. The van der Waals surface area contributed by atoms with Gasteiger partial charge in [-0.25, -0.2) is 0 Å². The molecule has 3 heterocycles. The Kier molecular flexibility index (Phi) is 5.09. The number of rotatable bonds is 2. The third-order valence-corrected chi connectivity index (χ3v) is 12.0. The average molecular weight is 632 g/mol. The second-order valence-electron chi connectivity index (χ2n) is 13.7. The quantitative estimate of drug-likeness (QED) is 0.186. The third kappa shape index (κ3) is 3.41. The fourth-order valence-corrected chi connectivity index (χ4v) is 9.71. The Hall–Kier alpha value is -5.64. The first kappa shape index (κ1) is 26.4. The molecule has 1 aliphatic carbocycles. The predicted octanol–water partition coefficient (Wildman–Crippen LogP) is 13.0. The molecule has 10 aromatic rings. The number of benzene rings is 7. The van der Waals surface area contributed by atoms with E-state index in [2.05, 4.69) is 146 Å². The highest BCUT2D eigenvalue weighted by molar-refractivity contribution is 7.26. The Morgan fingerprint density at radius 1 is 0.500 bits per heavy atom. The van der Waals surface area contributed by atoms with Gasteiger partial charge in [-0.3, -0.25) is 0 Å². The Bertz CT molecular complexity index is 2990. The zero-order valence-corrected chi connectivity index (χ0v) is 27.4. The molecular weight excluding hydrogens is 603 g/mol. The first-order chi connectivity index (χ1) is 23.5. The van der Waals surface area contributed by atoms with Crippen LogP contribution < -0.4 is 0 Å². The maximum Gasteiger partial charge on any atom is 0.136 e. The summed E-state index contributed by atoms with van der Waals surface area (Å²) in [5, 5.41) is 7.51. The zero-order valence-electron chi connectivity index (χ0n) is 26.5. The van der Waals surface area contributed by atoms with Gasteiger partial charge in [0.05, 0.1) is 21.4 Å². The lowest BCUT2D eigenvalue weighted by Gasteiger charge is -2.21. The van der Waals surface area contributed by atoms with E-state index >= 15 is 0 Å². The predicted molar refractivity (Wildman–Crippen MR) is 204 cm³/mol. The van der Waals surface area contributed by atoms with E-state index in [9.17, 15) is 0 Å². The van der Waals surface area contributed by atoms with Crippen LogP contribution in [-0.4, -0.2) is 4.57 Å². The van der Waals surface area contributed by atoms with Gasteiger partial charge in [0.2, 0.25) is 0 Å². The van der Waals surface area contributed by atoms with E-state index in [4.69, 9.17) is 4.42 Å². The molecule has 0 saturated heterocycles. The number of aromatic nitrogens is 1. The van der Waals surface area contributed by atoms with Crippen molar-refractivity contribution in [3.05, 3.63) is 151 Å². The highest BCUT2D eigenvalue weighted by atomic mass is 32.1. The summed E-state index contributed by atoms with van der Waals surface area (Å²) in [5.74, 6) is 0. The SMILES string of the molecule is CC1(C)c2ccccc2-c2cc3c4ccccc4n(-c4cccc5c4sc4cc(-c6ccc7c(c6)oc6ccccc67)ccc45)c3cc21. The highest BCUT2D eigenvalue weighted by Crippen LogP contribution is 2.51. The molecule has 0 saturated carbocycles. The minimum atomic E-state index is -0.0627. The molecule has 0 atom stereocenters. The van der Waals surface area contributed by atoms with Gasteiger partial charge >= 0.3 is 0 Å². The summed E-state index contributed by atoms with van der Waals surface area (Å²) in [5.41, 5.74) is 13.4. The molecule has 0 unspecified atom stereocenters. The topological polar surface area (TPSA) is 18.1 Å². The summed E-state index contributed by atoms with van der Waals surface area (Å²) in [4.78, 5) is 0. The first-order valence-electron chi connectivity index (χ1n) is 16.6. The molecule has 226 valence electrons. The summed E-state index contributed by atoms with van der Waals surface area (Å²) < 4.78 is 11.3. The second kappa shape index (κ2) is 9.25. The lowest BCUT2D eigenvalue weighted by atomic mass is 9.82. The van der Waals surface area contributed by atoms with Gasteiger partial charge in [0.15, 0.2) is 0 Å². The van der Waals surface area contributed by atoms with Crippen LogP contribution in [0.25, 0.3) is 91.9 Å². The molecule has 0 bridgehead atoms. The maximum absolute atomic E-state index is 6.24. The standard InChI is InChI=1S/C45H29NOS/c1-45(2)36-14-6-3-10-28(36)34-24-35-29-11-4-7-15-38(29)46(40(35)25-37(34)45)39-16-9-13-33-32-21-19-27(23-43(32)48-44(33)39)26-18-20-31-30-12-5-8-17-41(30)47-42(31)22-26/h3-25H,1-2H3. The Labute approximate surface area is 281 Å². The van der Waals surface area contributed by atoms with Crippen molar-refractivity contribution in [2.75, 3.05) is 0 Å². The number of fused-ring (bicyclic) bond motifs is 12. The van der Waals surface area contributed by atoms with Crippen LogP contribution in [0.4, 0.5) is 0 Å². The lowest BCUT2D eigenvalue weighted by molar-refractivity contribution is 0.661. The summed E-state index contributed by atoms with van der Waals surface area (Å²) in [6.07, 6.45) is 0. The van der Waals surface area contributed by atoms with Crippen molar-refractivity contribution in [1.29, 1.82) is 0 Å². The Balaban J connectivity index is 1.13. The zero-order chi connectivity index (χ0) is 31.7. The summed E-state index contributed by atoms with van der Waals surface area (Å²) in [6.45, 7) is 4.74. The minimum absolute atomic E-state index is 0.0627. The summed E-state index contributed by atoms with van der Waals surface area (Å²) >= 11 is 1.89. The lowest BCUT2D eigenvalue weighted by Crippen LogP contribution is -2.14. The normalized spacial score (nSPS) is 13.8. The van der Waals surface area contributed by atoms with Crippen molar-refractivity contribution in [3.63, 3.8) is 0 Å². The van der Waals surface area contributed by atoms with E-state index in [-0.39, 0.29) is 5.41 Å². The van der Waals surface area contributed by atoms with Crippen molar-refractivity contribution in [1.82, 2.24) is 4.57 Å². The van der Waals surface area contributed by atoms with Crippen LogP contribution in [0.5, 0.6) is 0 Å². The molecule has 0 spiro atoms. The highest BCUT2D eigenvalue weighted by Gasteiger charge is 2.36. The van der Waals surface area contributed by atoms with Crippen LogP contribution in [0.1, 0.15) is 25.0 Å². The first-order valence-corrected chi connectivity index (χ1v) is 17.4. The Morgan fingerprint density at radius 3 is 2.15 bits per heavy atom. The van der Waals surface area contributed by atoms with Gasteiger partial charge in [0, 0.05) is 42.4 Å². The molecule has 3 heteroatoms. The van der Waals surface area contributed by atoms with E-state index in [0.29, 0.717) is 0 Å². The summed E-state index contributed by atoms with van der Waals surface area (Å²) in [6, 6.07) is 51.3. The van der Waals surface area contributed by atoms with Gasteiger partial charge in [0.1, 0.15) is 11.2 Å². The number of para-hydroxylation sites is 2. The van der Waals surface area contributed by atoms with E-state index in [1.807, 2.05) is 23.5 Å². The number of nitrogens with zero attached hydrogens (tertiary/aromatic N) is 1. The van der Waals surface area contributed by atoms with Gasteiger partial charge in [-0.1, -0.05) is 105 Å². The van der Waals surface area contributed by atoms with Crippen LogP contribution in [0.3, 0.4) is 0 Å². The fourth-order valence-electron chi connectivity index (χ4n) is 8.47. The monoisotopic (exact) mass is 631 g/mol. The molecule has 0 fully saturated rings. The number of furan rings is 1. The van der Waals surface area contributed by atoms with Crippen molar-refractivity contribution in [2.24, 2.45) is 0 Å². The number of hydrogen-bond acceptors (Lipinski definition) is 2. The van der Waals surface area contributed by atoms with Gasteiger partial charge in [0.25, 0.3) is 0 Å². The van der Waals surface area contributed by atoms with Crippen molar-refractivity contribution in [3.8, 4) is 27.9 Å². The van der Waals surface area contributed by atoms with E-state index in [1.54, 1.807) is 0 Å². The molecule has 1 aliphatic rings. The van der Waals surface area contributed by atoms with Crippen LogP contribution in [0.2, 0.25) is 0 Å². The van der Waals surface area contributed by atoms with Gasteiger partial charge in [-0.05, 0) is 81.9 Å². The van der Waals surface area contributed by atoms with Gasteiger partial charge in [-0.2, -0.15) is 0 Å². The number of thiophene rings is 1. The van der Waals surface area contributed by atoms with E-state index in [0.717, 1.165) is 21.9 Å².